The van der Waals surface area contributed by atoms with Gasteiger partial charge in [0.1, 0.15) is 16.2 Å². The molecule has 0 fully saturated rings. The molecule has 0 saturated carbocycles. The van der Waals surface area contributed by atoms with Crippen LogP contribution in [0.2, 0.25) is 0 Å². The lowest BCUT2D eigenvalue weighted by Crippen LogP contribution is -2.29. The quantitative estimate of drug-likeness (QED) is 0.933. The second kappa shape index (κ2) is 5.97. The van der Waals surface area contributed by atoms with Crippen LogP contribution in [0.4, 0.5) is 0 Å². The van der Waals surface area contributed by atoms with Crippen molar-refractivity contribution in [3.05, 3.63) is 46.0 Å². The fraction of sp³-hybridized carbons (Fsp3) is 0.400. The Bertz CT molecular complexity index is 609. The van der Waals surface area contributed by atoms with Crippen LogP contribution in [0.25, 0.3) is 0 Å². The summed E-state index contributed by atoms with van der Waals surface area (Å²) in [6.45, 7) is 5.59. The summed E-state index contributed by atoms with van der Waals surface area (Å²) >= 11 is 3.54. The first-order valence-electron chi connectivity index (χ1n) is 6.88. The molecule has 0 spiro atoms. The number of imidazole rings is 1. The van der Waals surface area contributed by atoms with Crippen molar-refractivity contribution in [2.75, 3.05) is 13.2 Å². The molecule has 4 nitrogen and oxygen atoms in total. The van der Waals surface area contributed by atoms with Crippen molar-refractivity contribution in [2.24, 2.45) is 0 Å². The second-order valence-corrected chi connectivity index (χ2v) is 5.76. The molecule has 1 aromatic heterocycles. The molecule has 2 heterocycles. The fourth-order valence-electron chi connectivity index (χ4n) is 2.49. The van der Waals surface area contributed by atoms with E-state index in [9.17, 15) is 0 Å². The minimum atomic E-state index is 0.653. The number of fused-ring (bicyclic) bond motifs is 1. The van der Waals surface area contributed by atoms with Gasteiger partial charge in [0, 0.05) is 26.1 Å². The van der Waals surface area contributed by atoms with Crippen molar-refractivity contribution in [3.63, 3.8) is 0 Å². The highest BCUT2D eigenvalue weighted by Crippen LogP contribution is 2.20. The monoisotopic (exact) mass is 335 g/mol. The smallest absolute Gasteiger partial charge is 0.128 e. The van der Waals surface area contributed by atoms with Crippen molar-refractivity contribution < 1.29 is 4.74 Å². The fourth-order valence-corrected chi connectivity index (χ4v) is 3.05. The van der Waals surface area contributed by atoms with Crippen LogP contribution in [0, 0.1) is 6.92 Å². The summed E-state index contributed by atoms with van der Waals surface area (Å²) in [7, 11) is 0. The Balaban J connectivity index is 1.64. The molecular weight excluding hydrogens is 318 g/mol. The molecule has 106 valence electrons. The van der Waals surface area contributed by atoms with Gasteiger partial charge in [-0.05, 0) is 40.5 Å². The molecule has 0 saturated heterocycles. The average Bonchev–Trinajstić information content (AvgIpc) is 2.77. The molecule has 1 aromatic carbocycles. The Labute approximate surface area is 127 Å². The van der Waals surface area contributed by atoms with E-state index in [1.807, 2.05) is 12.1 Å². The summed E-state index contributed by atoms with van der Waals surface area (Å²) in [4.78, 5) is 4.60. The zero-order chi connectivity index (χ0) is 13.9. The Morgan fingerprint density at radius 1 is 1.45 bits per heavy atom. The molecule has 5 heteroatoms. The van der Waals surface area contributed by atoms with Crippen LogP contribution in [0.1, 0.15) is 17.1 Å². The zero-order valence-electron chi connectivity index (χ0n) is 11.5. The molecule has 1 aliphatic heterocycles. The van der Waals surface area contributed by atoms with Gasteiger partial charge in [0.15, 0.2) is 0 Å². The van der Waals surface area contributed by atoms with Crippen LogP contribution in [0.5, 0.6) is 5.75 Å². The Hall–Kier alpha value is -1.33. The van der Waals surface area contributed by atoms with Crippen LogP contribution < -0.4 is 10.1 Å². The Kier molecular flexibility index (Phi) is 4.08. The predicted molar refractivity (Wildman–Crippen MR) is 82.0 cm³/mol. The molecule has 3 rings (SSSR count). The SMILES string of the molecule is Cc1cccc(OCCc2nc(Br)c3n2CCNC3)c1. The highest BCUT2D eigenvalue weighted by Gasteiger charge is 2.17. The zero-order valence-corrected chi connectivity index (χ0v) is 13.1. The third kappa shape index (κ3) is 2.88. The van der Waals surface area contributed by atoms with Crippen LogP contribution in [0.3, 0.4) is 0 Å². The van der Waals surface area contributed by atoms with E-state index < -0.39 is 0 Å². The number of nitrogens with one attached hydrogen (secondary N) is 1. The summed E-state index contributed by atoms with van der Waals surface area (Å²) in [6, 6.07) is 8.14. The molecule has 1 N–H and O–H groups in total. The van der Waals surface area contributed by atoms with Gasteiger partial charge in [-0.2, -0.15) is 0 Å². The number of rotatable bonds is 4. The van der Waals surface area contributed by atoms with Gasteiger partial charge in [0.25, 0.3) is 0 Å². The van der Waals surface area contributed by atoms with Gasteiger partial charge in [0.2, 0.25) is 0 Å². The highest BCUT2D eigenvalue weighted by atomic mass is 79.9. The summed E-state index contributed by atoms with van der Waals surface area (Å²) < 4.78 is 9.05. The first kappa shape index (κ1) is 13.6. The van der Waals surface area contributed by atoms with E-state index in [0.29, 0.717) is 6.61 Å². The second-order valence-electron chi connectivity index (χ2n) is 5.01. The largest absolute Gasteiger partial charge is 0.493 e. The normalized spacial score (nSPS) is 14.1. The molecular formula is C15H18BrN3O. The van der Waals surface area contributed by atoms with E-state index >= 15 is 0 Å². The summed E-state index contributed by atoms with van der Waals surface area (Å²) in [5.41, 5.74) is 2.45. The first-order chi connectivity index (χ1) is 9.74. The lowest BCUT2D eigenvalue weighted by atomic mass is 10.2. The molecule has 0 amide bonds. The topological polar surface area (TPSA) is 39.1 Å². The van der Waals surface area contributed by atoms with Gasteiger partial charge in [-0.3, -0.25) is 0 Å². The van der Waals surface area contributed by atoms with E-state index in [2.05, 4.69) is 49.9 Å². The van der Waals surface area contributed by atoms with E-state index in [0.717, 1.165) is 42.2 Å². The van der Waals surface area contributed by atoms with Gasteiger partial charge in [-0.25, -0.2) is 4.98 Å². The summed E-state index contributed by atoms with van der Waals surface area (Å²) in [5, 5.41) is 3.36. The minimum absolute atomic E-state index is 0.653. The molecule has 2 aromatic rings. The average molecular weight is 336 g/mol. The number of aryl methyl sites for hydroxylation is 1. The first-order valence-corrected chi connectivity index (χ1v) is 7.67. The van der Waals surface area contributed by atoms with E-state index in [4.69, 9.17) is 4.74 Å². The van der Waals surface area contributed by atoms with Crippen molar-refractivity contribution in [2.45, 2.75) is 26.4 Å². The lowest BCUT2D eigenvalue weighted by molar-refractivity contribution is 0.315. The van der Waals surface area contributed by atoms with Gasteiger partial charge in [-0.1, -0.05) is 12.1 Å². The third-order valence-electron chi connectivity index (χ3n) is 3.49. The number of halogens is 1. The molecule has 0 bridgehead atoms. The standard InChI is InChI=1S/C15H18BrN3O/c1-11-3-2-4-12(9-11)20-8-5-14-18-15(16)13-10-17-6-7-19(13)14/h2-4,9,17H,5-8,10H2,1H3. The van der Waals surface area contributed by atoms with Gasteiger partial charge >= 0.3 is 0 Å². The molecule has 0 atom stereocenters. The molecule has 20 heavy (non-hydrogen) atoms. The number of nitrogens with zero attached hydrogens (tertiary/aromatic N) is 2. The Morgan fingerprint density at radius 2 is 2.35 bits per heavy atom. The van der Waals surface area contributed by atoms with E-state index in [1.54, 1.807) is 0 Å². The summed E-state index contributed by atoms with van der Waals surface area (Å²) in [6.07, 6.45) is 0.826. The van der Waals surface area contributed by atoms with Gasteiger partial charge < -0.3 is 14.6 Å². The molecule has 0 aliphatic carbocycles. The number of ether oxygens (including phenoxy) is 1. The third-order valence-corrected chi connectivity index (χ3v) is 4.13. The van der Waals surface area contributed by atoms with Crippen molar-refractivity contribution >= 4 is 15.9 Å². The van der Waals surface area contributed by atoms with Crippen LogP contribution in [0.15, 0.2) is 28.9 Å². The van der Waals surface area contributed by atoms with E-state index in [1.165, 1.54) is 11.3 Å². The number of hydrogen-bond donors (Lipinski definition) is 1. The van der Waals surface area contributed by atoms with Crippen LogP contribution in [-0.2, 0) is 19.5 Å². The minimum Gasteiger partial charge on any atom is -0.493 e. The van der Waals surface area contributed by atoms with Crippen molar-refractivity contribution in [1.29, 1.82) is 0 Å². The molecule has 0 unspecified atom stereocenters. The predicted octanol–water partition coefficient (Wildman–Crippen LogP) is 2.68. The van der Waals surface area contributed by atoms with E-state index in [-0.39, 0.29) is 0 Å². The number of hydrogen-bond acceptors (Lipinski definition) is 3. The van der Waals surface area contributed by atoms with Crippen LogP contribution >= 0.6 is 15.9 Å². The number of benzene rings is 1. The molecule has 1 aliphatic rings. The van der Waals surface area contributed by atoms with Crippen molar-refractivity contribution in [3.8, 4) is 5.75 Å². The Morgan fingerprint density at radius 3 is 3.20 bits per heavy atom. The maximum Gasteiger partial charge on any atom is 0.128 e. The van der Waals surface area contributed by atoms with Gasteiger partial charge in [-0.15, -0.1) is 0 Å². The summed E-state index contributed by atoms with van der Waals surface area (Å²) in [5.74, 6) is 2.03. The lowest BCUT2D eigenvalue weighted by Gasteiger charge is -2.18. The number of aromatic nitrogens is 2. The van der Waals surface area contributed by atoms with Crippen LogP contribution in [-0.4, -0.2) is 22.7 Å². The highest BCUT2D eigenvalue weighted by molar-refractivity contribution is 9.10. The van der Waals surface area contributed by atoms with Gasteiger partial charge in [0.05, 0.1) is 12.3 Å². The molecule has 0 radical (unpaired) electrons. The maximum atomic E-state index is 5.81. The maximum absolute atomic E-state index is 5.81. The van der Waals surface area contributed by atoms with Crippen molar-refractivity contribution in [1.82, 2.24) is 14.9 Å².